The van der Waals surface area contributed by atoms with Crippen LogP contribution in [0, 0.1) is 5.82 Å². The van der Waals surface area contributed by atoms with E-state index in [0.717, 1.165) is 12.1 Å². The molecule has 0 bridgehead atoms. The van der Waals surface area contributed by atoms with Gasteiger partial charge >= 0.3 is 0 Å². The van der Waals surface area contributed by atoms with Gasteiger partial charge in [-0.1, -0.05) is 26.8 Å². The predicted octanol–water partition coefficient (Wildman–Crippen LogP) is 2.57. The number of hydrogen-bond donors (Lipinski definition) is 2. The summed E-state index contributed by atoms with van der Waals surface area (Å²) in [5.74, 6) is -0.641. The third-order valence-corrected chi connectivity index (χ3v) is 5.53. The normalized spacial score (nSPS) is 12.7. The van der Waals surface area contributed by atoms with E-state index >= 15 is 0 Å². The Bertz CT molecular complexity index is 545. The Morgan fingerprint density at radius 3 is 2.20 bits per heavy atom. The molecule has 0 heterocycles. The molecule has 0 aliphatic heterocycles. The van der Waals surface area contributed by atoms with Gasteiger partial charge in [-0.2, -0.15) is 0 Å². The summed E-state index contributed by atoms with van der Waals surface area (Å²) in [4.78, 5) is -0.195. The van der Waals surface area contributed by atoms with Gasteiger partial charge in [-0.25, -0.2) is 17.5 Å². The lowest BCUT2D eigenvalue weighted by atomic mass is 9.91. The highest BCUT2D eigenvalue weighted by molar-refractivity contribution is 7.89. The van der Waals surface area contributed by atoms with Gasteiger partial charge in [0, 0.05) is 5.54 Å². The summed E-state index contributed by atoms with van der Waals surface area (Å²) >= 11 is 0. The van der Waals surface area contributed by atoms with E-state index in [1.54, 1.807) is 0 Å². The van der Waals surface area contributed by atoms with Gasteiger partial charge in [0.25, 0.3) is 0 Å². The molecule has 0 radical (unpaired) electrons. The van der Waals surface area contributed by atoms with Crippen LogP contribution >= 0.6 is 0 Å². The first-order valence-electron chi connectivity index (χ1n) is 6.77. The predicted molar refractivity (Wildman–Crippen MR) is 76.2 cm³/mol. The van der Waals surface area contributed by atoms with Gasteiger partial charge in [0.2, 0.25) is 10.0 Å². The summed E-state index contributed by atoms with van der Waals surface area (Å²) < 4.78 is 40.9. The number of hydrogen-bond acceptors (Lipinski definition) is 3. The fourth-order valence-corrected chi connectivity index (χ4v) is 4.07. The molecule has 1 aromatic rings. The molecule has 0 spiro atoms. The number of halogens is 1. The molecule has 1 rings (SSSR count). The summed E-state index contributed by atoms with van der Waals surface area (Å²) in [6.07, 6.45) is 1.93. The highest BCUT2D eigenvalue weighted by atomic mass is 32.2. The van der Waals surface area contributed by atoms with E-state index < -0.39 is 28.0 Å². The highest BCUT2D eigenvalue weighted by Crippen LogP contribution is 2.25. The van der Waals surface area contributed by atoms with Crippen molar-refractivity contribution in [2.45, 2.75) is 57.1 Å². The molecular weight excluding hydrogens is 281 g/mol. The topological polar surface area (TPSA) is 66.4 Å². The fraction of sp³-hybridized carbons (Fsp3) is 0.571. The van der Waals surface area contributed by atoms with Crippen LogP contribution in [0.4, 0.5) is 4.39 Å². The quantitative estimate of drug-likeness (QED) is 0.813. The minimum atomic E-state index is -3.87. The Morgan fingerprint density at radius 1 is 1.20 bits per heavy atom. The molecule has 0 saturated heterocycles. The number of sulfonamides is 1. The van der Waals surface area contributed by atoms with Crippen molar-refractivity contribution in [1.29, 1.82) is 0 Å². The lowest BCUT2D eigenvalue weighted by Crippen LogP contribution is -2.47. The highest BCUT2D eigenvalue weighted by Gasteiger charge is 2.31. The maximum Gasteiger partial charge on any atom is 0.241 e. The zero-order valence-electron chi connectivity index (χ0n) is 12.1. The van der Waals surface area contributed by atoms with Gasteiger partial charge in [-0.15, -0.1) is 0 Å². The summed E-state index contributed by atoms with van der Waals surface area (Å²) in [6, 6.07) is 3.37. The van der Waals surface area contributed by atoms with E-state index in [2.05, 4.69) is 4.72 Å². The molecule has 1 aromatic carbocycles. The molecule has 20 heavy (non-hydrogen) atoms. The first kappa shape index (κ1) is 17.1. The Labute approximate surface area is 120 Å². The van der Waals surface area contributed by atoms with Crippen LogP contribution < -0.4 is 4.72 Å². The molecule has 0 saturated carbocycles. The van der Waals surface area contributed by atoms with Gasteiger partial charge in [0.05, 0.1) is 11.5 Å². The van der Waals surface area contributed by atoms with Crippen LogP contribution in [0.5, 0.6) is 0 Å². The van der Waals surface area contributed by atoms with Gasteiger partial charge < -0.3 is 5.11 Å². The van der Waals surface area contributed by atoms with Crippen LogP contribution in [-0.4, -0.2) is 19.1 Å². The van der Waals surface area contributed by atoms with Gasteiger partial charge in [0.1, 0.15) is 5.82 Å². The molecular formula is C14H22FNO3S. The fourth-order valence-electron chi connectivity index (χ4n) is 2.22. The Kier molecular flexibility index (Phi) is 5.68. The largest absolute Gasteiger partial charge is 0.392 e. The number of aliphatic hydroxyl groups excluding tert-OH is 1. The number of nitrogens with one attached hydrogen (secondary N) is 1. The molecule has 2 N–H and O–H groups in total. The first-order valence-corrected chi connectivity index (χ1v) is 8.25. The standard InChI is InChI=1S/C14H22FNO3S/c1-4-14(5-2,6-3)16-20(18,19)13-9-12(15)8-7-11(13)10-17/h7-9,16-17H,4-6,10H2,1-3H3. The maximum atomic E-state index is 13.3. The summed E-state index contributed by atoms with van der Waals surface area (Å²) in [7, 11) is -3.87. The lowest BCUT2D eigenvalue weighted by Gasteiger charge is -2.31. The monoisotopic (exact) mass is 303 g/mol. The Balaban J connectivity index is 3.27. The molecule has 4 nitrogen and oxygen atoms in total. The van der Waals surface area contributed by atoms with Crippen LogP contribution in [0.2, 0.25) is 0 Å². The Hall–Kier alpha value is -0.980. The number of rotatable bonds is 7. The maximum absolute atomic E-state index is 13.3. The van der Waals surface area contributed by atoms with E-state index in [-0.39, 0.29) is 10.5 Å². The summed E-state index contributed by atoms with van der Waals surface area (Å²) in [5, 5.41) is 9.23. The Morgan fingerprint density at radius 2 is 1.75 bits per heavy atom. The molecule has 0 aromatic heterocycles. The van der Waals surface area contributed by atoms with Crippen molar-refractivity contribution >= 4 is 10.0 Å². The van der Waals surface area contributed by atoms with E-state index in [1.165, 1.54) is 6.07 Å². The number of aliphatic hydroxyl groups is 1. The van der Waals surface area contributed by atoms with Crippen molar-refractivity contribution in [3.05, 3.63) is 29.6 Å². The minimum Gasteiger partial charge on any atom is -0.392 e. The van der Waals surface area contributed by atoms with Gasteiger partial charge in [-0.3, -0.25) is 0 Å². The number of benzene rings is 1. The summed E-state index contributed by atoms with van der Waals surface area (Å²) in [5.41, 5.74) is -0.353. The van der Waals surface area contributed by atoms with Crippen molar-refractivity contribution in [3.63, 3.8) is 0 Å². The second-order valence-corrected chi connectivity index (χ2v) is 6.51. The van der Waals surface area contributed by atoms with Crippen molar-refractivity contribution in [3.8, 4) is 0 Å². The smallest absolute Gasteiger partial charge is 0.241 e. The molecule has 0 atom stereocenters. The molecule has 0 aliphatic carbocycles. The van der Waals surface area contributed by atoms with E-state index in [1.807, 2.05) is 20.8 Å². The average Bonchev–Trinajstić information content (AvgIpc) is 2.45. The second-order valence-electron chi connectivity index (χ2n) is 4.86. The van der Waals surface area contributed by atoms with E-state index in [4.69, 9.17) is 0 Å². The van der Waals surface area contributed by atoms with Crippen LogP contribution in [-0.2, 0) is 16.6 Å². The van der Waals surface area contributed by atoms with Crippen molar-refractivity contribution in [2.75, 3.05) is 0 Å². The SMILES string of the molecule is CCC(CC)(CC)NS(=O)(=O)c1cc(F)ccc1CO. The first-order chi connectivity index (χ1) is 9.34. The third kappa shape index (κ3) is 3.56. The van der Waals surface area contributed by atoms with E-state index in [9.17, 15) is 17.9 Å². The van der Waals surface area contributed by atoms with Crippen molar-refractivity contribution in [2.24, 2.45) is 0 Å². The zero-order chi connectivity index (χ0) is 15.4. The van der Waals surface area contributed by atoms with Crippen molar-refractivity contribution in [1.82, 2.24) is 4.72 Å². The average molecular weight is 303 g/mol. The van der Waals surface area contributed by atoms with Crippen LogP contribution in [0.1, 0.15) is 45.6 Å². The summed E-state index contributed by atoms with van der Waals surface area (Å²) in [6.45, 7) is 5.28. The van der Waals surface area contributed by atoms with Gasteiger partial charge in [0.15, 0.2) is 0 Å². The van der Waals surface area contributed by atoms with Crippen molar-refractivity contribution < 1.29 is 17.9 Å². The van der Waals surface area contributed by atoms with E-state index in [0.29, 0.717) is 19.3 Å². The molecule has 114 valence electrons. The van der Waals surface area contributed by atoms with Crippen LogP contribution in [0.15, 0.2) is 23.1 Å². The zero-order valence-corrected chi connectivity index (χ0v) is 12.9. The van der Waals surface area contributed by atoms with Crippen LogP contribution in [0.25, 0.3) is 0 Å². The minimum absolute atomic E-state index is 0.191. The molecule has 0 amide bonds. The molecule has 6 heteroatoms. The third-order valence-electron chi connectivity index (χ3n) is 3.87. The molecule has 0 fully saturated rings. The molecule has 0 unspecified atom stereocenters. The van der Waals surface area contributed by atoms with Gasteiger partial charge in [-0.05, 0) is 37.0 Å². The van der Waals surface area contributed by atoms with Crippen LogP contribution in [0.3, 0.4) is 0 Å². The lowest BCUT2D eigenvalue weighted by molar-refractivity contribution is 0.278. The second kappa shape index (κ2) is 6.65. The molecule has 0 aliphatic rings.